The SMILES string of the molecule is CCC(C(=O)NCc1cccc(CN2CCOCC2)c1)N(c1ccc(C)cc1)S(C)(=O)=O. The van der Waals surface area contributed by atoms with Crippen molar-refractivity contribution in [2.45, 2.75) is 39.4 Å². The lowest BCUT2D eigenvalue weighted by Gasteiger charge is -2.30. The van der Waals surface area contributed by atoms with Gasteiger partial charge in [-0.3, -0.25) is 14.0 Å². The van der Waals surface area contributed by atoms with Crippen LogP contribution < -0.4 is 9.62 Å². The first-order chi connectivity index (χ1) is 15.3. The Labute approximate surface area is 191 Å². The van der Waals surface area contributed by atoms with E-state index in [1.54, 1.807) is 12.1 Å². The Kier molecular flexibility index (Phi) is 8.28. The second kappa shape index (κ2) is 10.9. The molecule has 0 aliphatic carbocycles. The summed E-state index contributed by atoms with van der Waals surface area (Å²) in [5, 5.41) is 2.94. The Morgan fingerprint density at radius 2 is 1.78 bits per heavy atom. The summed E-state index contributed by atoms with van der Waals surface area (Å²) >= 11 is 0. The zero-order valence-electron chi connectivity index (χ0n) is 19.1. The molecule has 0 radical (unpaired) electrons. The number of hydrogen-bond donors (Lipinski definition) is 1. The van der Waals surface area contributed by atoms with E-state index in [0.717, 1.165) is 50.2 Å². The smallest absolute Gasteiger partial charge is 0.244 e. The molecule has 0 aromatic heterocycles. The summed E-state index contributed by atoms with van der Waals surface area (Å²) in [4.78, 5) is 15.4. The maximum atomic E-state index is 13.0. The van der Waals surface area contributed by atoms with Gasteiger partial charge in [-0.1, -0.05) is 48.9 Å². The highest BCUT2D eigenvalue weighted by atomic mass is 32.2. The Balaban J connectivity index is 1.69. The maximum absolute atomic E-state index is 13.0. The molecule has 1 aliphatic heterocycles. The third-order valence-corrected chi connectivity index (χ3v) is 6.77. The Bertz CT molecular complexity index is 1000. The molecule has 32 heavy (non-hydrogen) atoms. The Morgan fingerprint density at radius 1 is 1.12 bits per heavy atom. The highest BCUT2D eigenvalue weighted by molar-refractivity contribution is 7.92. The molecule has 1 aliphatic rings. The van der Waals surface area contributed by atoms with Crippen molar-refractivity contribution in [3.8, 4) is 0 Å². The molecule has 174 valence electrons. The van der Waals surface area contributed by atoms with Crippen molar-refractivity contribution in [1.82, 2.24) is 10.2 Å². The number of anilines is 1. The molecule has 1 saturated heterocycles. The third kappa shape index (κ3) is 6.54. The van der Waals surface area contributed by atoms with Crippen LogP contribution in [0.1, 0.15) is 30.0 Å². The van der Waals surface area contributed by atoms with Gasteiger partial charge in [0.1, 0.15) is 6.04 Å². The molecule has 3 rings (SSSR count). The van der Waals surface area contributed by atoms with Gasteiger partial charge >= 0.3 is 0 Å². The molecule has 8 heteroatoms. The average Bonchev–Trinajstić information content (AvgIpc) is 2.77. The second-order valence-electron chi connectivity index (χ2n) is 8.24. The fourth-order valence-corrected chi connectivity index (χ4v) is 5.13. The van der Waals surface area contributed by atoms with E-state index in [1.807, 2.05) is 38.1 Å². The van der Waals surface area contributed by atoms with E-state index in [-0.39, 0.29) is 5.91 Å². The van der Waals surface area contributed by atoms with Crippen LogP contribution in [-0.4, -0.2) is 57.8 Å². The molecule has 1 atom stereocenters. The van der Waals surface area contributed by atoms with Crippen LogP contribution in [0.5, 0.6) is 0 Å². The predicted molar refractivity (Wildman–Crippen MR) is 127 cm³/mol. The highest BCUT2D eigenvalue weighted by Crippen LogP contribution is 2.23. The number of nitrogens with one attached hydrogen (secondary N) is 1. The fourth-order valence-electron chi connectivity index (χ4n) is 3.91. The van der Waals surface area contributed by atoms with E-state index in [2.05, 4.69) is 22.3 Å². The van der Waals surface area contributed by atoms with E-state index >= 15 is 0 Å². The number of rotatable bonds is 9. The quantitative estimate of drug-likeness (QED) is 0.624. The normalized spacial score (nSPS) is 15.8. The monoisotopic (exact) mass is 459 g/mol. The number of sulfonamides is 1. The molecule has 2 aromatic carbocycles. The van der Waals surface area contributed by atoms with Gasteiger partial charge in [0.2, 0.25) is 15.9 Å². The number of amides is 1. The molecule has 7 nitrogen and oxygen atoms in total. The number of carbonyl (C=O) groups excluding carboxylic acids is 1. The first-order valence-electron chi connectivity index (χ1n) is 11.0. The van der Waals surface area contributed by atoms with Crippen molar-refractivity contribution in [2.75, 3.05) is 36.9 Å². The molecule has 0 spiro atoms. The summed E-state index contributed by atoms with van der Waals surface area (Å²) in [6.07, 6.45) is 1.50. The zero-order chi connectivity index (χ0) is 23.1. The van der Waals surface area contributed by atoms with Crippen LogP contribution in [0, 0.1) is 6.92 Å². The molecule has 0 bridgehead atoms. The summed E-state index contributed by atoms with van der Waals surface area (Å²) < 4.78 is 31.7. The lowest BCUT2D eigenvalue weighted by Crippen LogP contribution is -2.49. The minimum absolute atomic E-state index is 0.308. The lowest BCUT2D eigenvalue weighted by molar-refractivity contribution is -0.122. The first-order valence-corrected chi connectivity index (χ1v) is 12.8. The number of nitrogens with zero attached hydrogens (tertiary/aromatic N) is 2. The van der Waals surface area contributed by atoms with Gasteiger partial charge in [-0.2, -0.15) is 0 Å². The molecule has 2 aromatic rings. The van der Waals surface area contributed by atoms with Crippen molar-refractivity contribution < 1.29 is 17.9 Å². The number of hydrogen-bond acceptors (Lipinski definition) is 5. The third-order valence-electron chi connectivity index (χ3n) is 5.59. The summed E-state index contributed by atoms with van der Waals surface area (Å²) in [5.41, 5.74) is 3.69. The van der Waals surface area contributed by atoms with Gasteiger partial charge in [0.15, 0.2) is 0 Å². The lowest BCUT2D eigenvalue weighted by atomic mass is 10.1. The molecule has 1 heterocycles. The van der Waals surface area contributed by atoms with E-state index in [9.17, 15) is 13.2 Å². The average molecular weight is 460 g/mol. The van der Waals surface area contributed by atoms with Crippen LogP contribution in [-0.2, 0) is 32.6 Å². The first kappa shape index (κ1) is 24.2. The highest BCUT2D eigenvalue weighted by Gasteiger charge is 2.31. The largest absolute Gasteiger partial charge is 0.379 e. The standard InChI is InChI=1S/C24H33N3O4S/c1-4-23(27(32(3,29)30)22-10-8-19(2)9-11-22)24(28)25-17-20-6-5-7-21(16-20)18-26-12-14-31-15-13-26/h5-11,16,23H,4,12-15,17-18H2,1-3H3,(H,25,28). The molecule has 1 amide bonds. The van der Waals surface area contributed by atoms with E-state index in [1.165, 1.54) is 9.87 Å². The topological polar surface area (TPSA) is 79.0 Å². The van der Waals surface area contributed by atoms with Crippen LogP contribution in [0.4, 0.5) is 5.69 Å². The summed E-state index contributed by atoms with van der Waals surface area (Å²) in [5.74, 6) is -0.308. The number of ether oxygens (including phenoxy) is 1. The van der Waals surface area contributed by atoms with Gasteiger partial charge in [-0.05, 0) is 36.6 Å². The van der Waals surface area contributed by atoms with E-state index < -0.39 is 16.1 Å². The number of carbonyl (C=O) groups is 1. The Hall–Kier alpha value is -2.42. The minimum Gasteiger partial charge on any atom is -0.379 e. The van der Waals surface area contributed by atoms with Crippen molar-refractivity contribution in [3.63, 3.8) is 0 Å². The number of morpholine rings is 1. The maximum Gasteiger partial charge on any atom is 0.244 e. The fraction of sp³-hybridized carbons (Fsp3) is 0.458. The van der Waals surface area contributed by atoms with Crippen LogP contribution in [0.3, 0.4) is 0 Å². The second-order valence-corrected chi connectivity index (χ2v) is 10.1. The van der Waals surface area contributed by atoms with Crippen LogP contribution in [0.15, 0.2) is 48.5 Å². The van der Waals surface area contributed by atoms with Crippen molar-refractivity contribution in [1.29, 1.82) is 0 Å². The van der Waals surface area contributed by atoms with Gasteiger partial charge in [-0.25, -0.2) is 8.42 Å². The van der Waals surface area contributed by atoms with Gasteiger partial charge < -0.3 is 10.1 Å². The summed E-state index contributed by atoms with van der Waals surface area (Å²) in [6, 6.07) is 14.5. The number of benzene rings is 2. The summed E-state index contributed by atoms with van der Waals surface area (Å²) in [7, 11) is -3.64. The van der Waals surface area contributed by atoms with Crippen LogP contribution in [0.25, 0.3) is 0 Å². The van der Waals surface area contributed by atoms with E-state index in [0.29, 0.717) is 18.7 Å². The Morgan fingerprint density at radius 3 is 2.41 bits per heavy atom. The van der Waals surface area contributed by atoms with Crippen LogP contribution >= 0.6 is 0 Å². The van der Waals surface area contributed by atoms with Gasteiger partial charge in [0, 0.05) is 26.2 Å². The minimum atomic E-state index is -3.64. The molecule has 1 fully saturated rings. The molecule has 0 saturated carbocycles. The molecule has 1 N–H and O–H groups in total. The van der Waals surface area contributed by atoms with Crippen molar-refractivity contribution in [3.05, 3.63) is 65.2 Å². The number of aryl methyl sites for hydroxylation is 1. The molecular weight excluding hydrogens is 426 g/mol. The zero-order valence-corrected chi connectivity index (χ0v) is 19.9. The molecule has 1 unspecified atom stereocenters. The van der Waals surface area contributed by atoms with Gasteiger partial charge in [-0.15, -0.1) is 0 Å². The van der Waals surface area contributed by atoms with Crippen molar-refractivity contribution >= 4 is 21.6 Å². The van der Waals surface area contributed by atoms with Crippen molar-refractivity contribution in [2.24, 2.45) is 0 Å². The van der Waals surface area contributed by atoms with E-state index in [4.69, 9.17) is 4.74 Å². The summed E-state index contributed by atoms with van der Waals surface area (Å²) in [6.45, 7) is 8.29. The van der Waals surface area contributed by atoms with Crippen LogP contribution in [0.2, 0.25) is 0 Å². The molecular formula is C24H33N3O4S. The van der Waals surface area contributed by atoms with Gasteiger partial charge in [0.25, 0.3) is 0 Å². The predicted octanol–water partition coefficient (Wildman–Crippen LogP) is 2.69. The van der Waals surface area contributed by atoms with Gasteiger partial charge in [0.05, 0.1) is 25.2 Å².